The molecular formula is C23H17BrFNO3. The molecule has 1 N–H and O–H groups in total. The molecule has 146 valence electrons. The van der Waals surface area contributed by atoms with Gasteiger partial charge in [-0.05, 0) is 47.0 Å². The average molecular weight is 454 g/mol. The van der Waals surface area contributed by atoms with Crippen molar-refractivity contribution in [2.45, 2.75) is 18.5 Å². The molecule has 2 atom stereocenters. The highest BCUT2D eigenvalue weighted by Gasteiger charge is 2.44. The minimum absolute atomic E-state index is 0.107. The second kappa shape index (κ2) is 7.79. The molecule has 1 heterocycles. The Morgan fingerprint density at radius 3 is 2.45 bits per heavy atom. The van der Waals surface area contributed by atoms with Crippen molar-refractivity contribution in [3.05, 3.63) is 105 Å². The van der Waals surface area contributed by atoms with Gasteiger partial charge in [-0.25, -0.2) is 4.39 Å². The van der Waals surface area contributed by atoms with Gasteiger partial charge < -0.3 is 10.0 Å². The van der Waals surface area contributed by atoms with Crippen molar-refractivity contribution in [2.24, 2.45) is 0 Å². The van der Waals surface area contributed by atoms with E-state index in [1.165, 1.54) is 17.0 Å². The van der Waals surface area contributed by atoms with Crippen LogP contribution in [0.1, 0.15) is 39.0 Å². The van der Waals surface area contributed by atoms with Gasteiger partial charge in [0.25, 0.3) is 5.91 Å². The number of rotatable bonds is 4. The number of hydrogen-bond donors (Lipinski definition) is 1. The van der Waals surface area contributed by atoms with Crippen molar-refractivity contribution in [1.82, 2.24) is 4.90 Å². The number of hydrogen-bond acceptors (Lipinski definition) is 2. The summed E-state index contributed by atoms with van der Waals surface area (Å²) in [6.45, 7) is 0.107. The Morgan fingerprint density at radius 1 is 1.03 bits per heavy atom. The molecule has 2 unspecified atom stereocenters. The Labute approximate surface area is 175 Å². The van der Waals surface area contributed by atoms with Crippen molar-refractivity contribution in [3.8, 4) is 0 Å². The topological polar surface area (TPSA) is 57.6 Å². The quantitative estimate of drug-likeness (QED) is 0.593. The molecule has 1 aliphatic rings. The van der Waals surface area contributed by atoms with Crippen LogP contribution >= 0.6 is 15.9 Å². The minimum atomic E-state index is -1.01. The monoisotopic (exact) mass is 453 g/mol. The summed E-state index contributed by atoms with van der Waals surface area (Å²) < 4.78 is 14.6. The number of halogens is 2. The van der Waals surface area contributed by atoms with E-state index in [9.17, 15) is 19.1 Å². The first-order chi connectivity index (χ1) is 14.0. The predicted molar refractivity (Wildman–Crippen MR) is 110 cm³/mol. The molecule has 6 heteroatoms. The van der Waals surface area contributed by atoms with Gasteiger partial charge in [0.05, 0.1) is 6.04 Å². The van der Waals surface area contributed by atoms with Crippen LogP contribution in [0, 0.1) is 5.82 Å². The lowest BCUT2D eigenvalue weighted by molar-refractivity contribution is -0.140. The zero-order chi connectivity index (χ0) is 20.5. The summed E-state index contributed by atoms with van der Waals surface area (Å²) in [7, 11) is 0. The standard InChI is InChI=1S/C23H17BrFNO3/c24-16-10-8-15(9-11-16)21-20(23(28)29)18-6-1-2-7-19(18)22(27)26(21)13-14-4-3-5-17(25)12-14/h1-12,20-21H,13H2,(H,28,29). The third-order valence-corrected chi connectivity index (χ3v) is 5.69. The fourth-order valence-corrected chi connectivity index (χ4v) is 4.16. The van der Waals surface area contributed by atoms with E-state index in [-0.39, 0.29) is 12.5 Å². The third kappa shape index (κ3) is 3.68. The van der Waals surface area contributed by atoms with Crippen LogP contribution < -0.4 is 0 Å². The maximum absolute atomic E-state index is 13.7. The van der Waals surface area contributed by atoms with Crippen molar-refractivity contribution in [2.75, 3.05) is 0 Å². The van der Waals surface area contributed by atoms with Gasteiger partial charge in [-0.2, -0.15) is 0 Å². The molecule has 0 fully saturated rings. The molecule has 4 nitrogen and oxygen atoms in total. The largest absolute Gasteiger partial charge is 0.481 e. The van der Waals surface area contributed by atoms with Gasteiger partial charge in [0.1, 0.15) is 11.7 Å². The van der Waals surface area contributed by atoms with Gasteiger partial charge in [0.2, 0.25) is 0 Å². The summed E-state index contributed by atoms with van der Waals surface area (Å²) in [5.74, 6) is -2.61. The molecule has 3 aromatic carbocycles. The predicted octanol–water partition coefficient (Wildman–Crippen LogP) is 5.15. The highest BCUT2D eigenvalue weighted by atomic mass is 79.9. The number of carboxylic acid groups (broad SMARTS) is 1. The molecule has 0 saturated heterocycles. The first kappa shape index (κ1) is 19.3. The van der Waals surface area contributed by atoms with Crippen molar-refractivity contribution in [1.29, 1.82) is 0 Å². The summed E-state index contributed by atoms with van der Waals surface area (Å²) >= 11 is 3.39. The molecule has 0 aromatic heterocycles. The Morgan fingerprint density at radius 2 is 1.76 bits per heavy atom. The highest BCUT2D eigenvalue weighted by Crippen LogP contribution is 2.43. The van der Waals surface area contributed by atoms with Gasteiger partial charge in [0.15, 0.2) is 0 Å². The maximum atomic E-state index is 13.7. The van der Waals surface area contributed by atoms with Crippen LogP contribution in [-0.2, 0) is 11.3 Å². The Kier molecular flexibility index (Phi) is 5.20. The van der Waals surface area contributed by atoms with E-state index in [0.29, 0.717) is 22.3 Å². The molecule has 1 aliphatic heterocycles. The molecule has 0 saturated carbocycles. The number of carbonyl (C=O) groups is 2. The van der Waals surface area contributed by atoms with Gasteiger partial charge in [-0.15, -0.1) is 0 Å². The Bertz CT molecular complexity index is 1080. The van der Waals surface area contributed by atoms with Gasteiger partial charge >= 0.3 is 5.97 Å². The summed E-state index contributed by atoms with van der Waals surface area (Å²) in [6.07, 6.45) is 0. The number of aliphatic carboxylic acids is 1. The zero-order valence-electron chi connectivity index (χ0n) is 15.3. The van der Waals surface area contributed by atoms with Crippen molar-refractivity contribution < 1.29 is 19.1 Å². The van der Waals surface area contributed by atoms with Gasteiger partial charge in [-0.1, -0.05) is 58.4 Å². The maximum Gasteiger partial charge on any atom is 0.313 e. The molecule has 1 amide bonds. The second-order valence-electron chi connectivity index (χ2n) is 6.96. The second-order valence-corrected chi connectivity index (χ2v) is 7.88. The summed E-state index contributed by atoms with van der Waals surface area (Å²) in [6, 6.07) is 19.3. The lowest BCUT2D eigenvalue weighted by atomic mass is 9.79. The van der Waals surface area contributed by atoms with E-state index >= 15 is 0 Å². The van der Waals surface area contributed by atoms with Gasteiger partial charge in [0, 0.05) is 16.6 Å². The summed E-state index contributed by atoms with van der Waals surface area (Å²) in [4.78, 5) is 27.2. The number of fused-ring (bicyclic) bond motifs is 1. The fourth-order valence-electron chi connectivity index (χ4n) is 3.90. The van der Waals surface area contributed by atoms with Crippen LogP contribution in [0.2, 0.25) is 0 Å². The number of carbonyl (C=O) groups excluding carboxylic acids is 1. The summed E-state index contributed by atoms with van der Waals surface area (Å²) in [5, 5.41) is 10.1. The fraction of sp³-hybridized carbons (Fsp3) is 0.130. The summed E-state index contributed by atoms with van der Waals surface area (Å²) in [5.41, 5.74) is 2.17. The van der Waals surface area contributed by atoms with Gasteiger partial charge in [-0.3, -0.25) is 9.59 Å². The van der Waals surface area contributed by atoms with E-state index in [1.54, 1.807) is 36.4 Å². The van der Waals surface area contributed by atoms with Crippen LogP contribution in [0.15, 0.2) is 77.3 Å². The molecule has 4 rings (SSSR count). The van der Waals surface area contributed by atoms with Crippen LogP contribution in [0.25, 0.3) is 0 Å². The number of amides is 1. The molecule has 0 aliphatic carbocycles. The Balaban J connectivity index is 1.88. The van der Waals surface area contributed by atoms with Crippen LogP contribution in [0.4, 0.5) is 4.39 Å². The van der Waals surface area contributed by atoms with E-state index in [0.717, 1.165) is 4.47 Å². The SMILES string of the molecule is O=C(O)C1c2ccccc2C(=O)N(Cc2cccc(F)c2)C1c1ccc(Br)cc1. The molecular weight excluding hydrogens is 437 g/mol. The number of benzene rings is 3. The normalized spacial score (nSPS) is 18.4. The highest BCUT2D eigenvalue weighted by molar-refractivity contribution is 9.10. The van der Waals surface area contributed by atoms with Crippen LogP contribution in [0.3, 0.4) is 0 Å². The zero-order valence-corrected chi connectivity index (χ0v) is 16.8. The van der Waals surface area contributed by atoms with E-state index in [2.05, 4.69) is 15.9 Å². The third-order valence-electron chi connectivity index (χ3n) is 5.16. The number of carboxylic acids is 1. The molecule has 0 bridgehead atoms. The molecule has 3 aromatic rings. The van der Waals surface area contributed by atoms with Crippen molar-refractivity contribution in [3.63, 3.8) is 0 Å². The minimum Gasteiger partial charge on any atom is -0.481 e. The van der Waals surface area contributed by atoms with Crippen molar-refractivity contribution >= 4 is 27.8 Å². The molecule has 29 heavy (non-hydrogen) atoms. The first-order valence-corrected chi connectivity index (χ1v) is 9.87. The molecule has 0 spiro atoms. The average Bonchev–Trinajstić information content (AvgIpc) is 2.70. The Hall–Kier alpha value is -2.99. The molecule has 0 radical (unpaired) electrons. The van der Waals surface area contributed by atoms with Crippen LogP contribution in [-0.4, -0.2) is 21.9 Å². The van der Waals surface area contributed by atoms with E-state index in [1.807, 2.05) is 24.3 Å². The smallest absolute Gasteiger partial charge is 0.313 e. The van der Waals surface area contributed by atoms with Crippen LogP contribution in [0.5, 0.6) is 0 Å². The number of nitrogens with zero attached hydrogens (tertiary/aromatic N) is 1. The lowest BCUT2D eigenvalue weighted by Gasteiger charge is -2.41. The first-order valence-electron chi connectivity index (χ1n) is 9.08. The van der Waals surface area contributed by atoms with E-state index in [4.69, 9.17) is 0 Å². The van der Waals surface area contributed by atoms with E-state index < -0.39 is 23.7 Å². The lowest BCUT2D eigenvalue weighted by Crippen LogP contribution is -2.44.